The summed E-state index contributed by atoms with van der Waals surface area (Å²) in [6.45, 7) is 11.9. The molecular formula is C10H20O. The predicted molar refractivity (Wildman–Crippen MR) is 49.4 cm³/mol. The SMILES string of the molecule is C=CC(C)CC(O)C(C)(C)C. The second-order valence-electron chi connectivity index (χ2n) is 4.33. The number of hydrogen-bond acceptors (Lipinski definition) is 1. The first kappa shape index (κ1) is 10.7. The van der Waals surface area contributed by atoms with E-state index in [2.05, 4.69) is 13.5 Å². The fraction of sp³-hybridized carbons (Fsp3) is 0.800. The van der Waals surface area contributed by atoms with Gasteiger partial charge in [0.1, 0.15) is 0 Å². The molecule has 0 amide bonds. The van der Waals surface area contributed by atoms with Crippen LogP contribution in [-0.2, 0) is 0 Å². The maximum absolute atomic E-state index is 9.64. The first-order valence-corrected chi connectivity index (χ1v) is 4.18. The number of hydrogen-bond donors (Lipinski definition) is 1. The van der Waals surface area contributed by atoms with Crippen LogP contribution in [0.4, 0.5) is 0 Å². The van der Waals surface area contributed by atoms with Gasteiger partial charge in [0.25, 0.3) is 0 Å². The third-order valence-corrected chi connectivity index (χ3v) is 2.00. The minimum absolute atomic E-state index is 0.00271. The van der Waals surface area contributed by atoms with Crippen LogP contribution in [0.1, 0.15) is 34.1 Å². The van der Waals surface area contributed by atoms with Gasteiger partial charge >= 0.3 is 0 Å². The van der Waals surface area contributed by atoms with Crippen molar-refractivity contribution in [2.45, 2.75) is 40.2 Å². The molecule has 11 heavy (non-hydrogen) atoms. The zero-order chi connectivity index (χ0) is 9.07. The van der Waals surface area contributed by atoms with Gasteiger partial charge in [0.2, 0.25) is 0 Å². The molecule has 0 bridgehead atoms. The van der Waals surface area contributed by atoms with Gasteiger partial charge in [0, 0.05) is 0 Å². The molecule has 0 rings (SSSR count). The molecule has 0 aromatic heterocycles. The summed E-state index contributed by atoms with van der Waals surface area (Å²) in [7, 11) is 0. The van der Waals surface area contributed by atoms with Gasteiger partial charge in [0.15, 0.2) is 0 Å². The Labute approximate surface area is 70.1 Å². The van der Waals surface area contributed by atoms with Crippen LogP contribution in [-0.4, -0.2) is 11.2 Å². The van der Waals surface area contributed by atoms with Gasteiger partial charge in [-0.15, -0.1) is 6.58 Å². The van der Waals surface area contributed by atoms with E-state index in [4.69, 9.17) is 0 Å². The van der Waals surface area contributed by atoms with Gasteiger partial charge < -0.3 is 5.11 Å². The van der Waals surface area contributed by atoms with Gasteiger partial charge in [0.05, 0.1) is 6.10 Å². The van der Waals surface area contributed by atoms with Crippen molar-refractivity contribution in [2.75, 3.05) is 0 Å². The van der Waals surface area contributed by atoms with Crippen molar-refractivity contribution < 1.29 is 5.11 Å². The Bertz CT molecular complexity index is 121. The highest BCUT2D eigenvalue weighted by Gasteiger charge is 2.22. The van der Waals surface area contributed by atoms with E-state index in [1.807, 2.05) is 26.8 Å². The molecule has 0 aromatic carbocycles. The van der Waals surface area contributed by atoms with Gasteiger partial charge in [-0.1, -0.05) is 33.8 Å². The van der Waals surface area contributed by atoms with Gasteiger partial charge in [-0.05, 0) is 17.8 Å². The summed E-state index contributed by atoms with van der Waals surface area (Å²) in [6, 6.07) is 0. The zero-order valence-corrected chi connectivity index (χ0v) is 8.09. The lowest BCUT2D eigenvalue weighted by molar-refractivity contribution is 0.0480. The van der Waals surface area contributed by atoms with Crippen molar-refractivity contribution in [1.82, 2.24) is 0 Å². The Morgan fingerprint density at radius 1 is 1.45 bits per heavy atom. The topological polar surface area (TPSA) is 20.2 Å². The molecule has 1 heteroatoms. The summed E-state index contributed by atoms with van der Waals surface area (Å²) >= 11 is 0. The standard InChI is InChI=1S/C10H20O/c1-6-8(2)7-9(11)10(3,4)5/h6,8-9,11H,1,7H2,2-5H3. The van der Waals surface area contributed by atoms with E-state index >= 15 is 0 Å². The van der Waals surface area contributed by atoms with E-state index in [9.17, 15) is 5.11 Å². The number of aliphatic hydroxyl groups excluding tert-OH is 1. The molecule has 66 valence electrons. The summed E-state index contributed by atoms with van der Waals surface area (Å²) < 4.78 is 0. The molecule has 0 spiro atoms. The van der Waals surface area contributed by atoms with Gasteiger partial charge in [-0.25, -0.2) is 0 Å². The van der Waals surface area contributed by atoms with Crippen LogP contribution in [0, 0.1) is 11.3 Å². The highest BCUT2D eigenvalue weighted by atomic mass is 16.3. The largest absolute Gasteiger partial charge is 0.393 e. The average Bonchev–Trinajstić information content (AvgIpc) is 1.85. The van der Waals surface area contributed by atoms with Gasteiger partial charge in [-0.3, -0.25) is 0 Å². The summed E-state index contributed by atoms with van der Waals surface area (Å²) in [5, 5.41) is 9.64. The van der Waals surface area contributed by atoms with E-state index in [0.29, 0.717) is 5.92 Å². The molecule has 0 aromatic rings. The van der Waals surface area contributed by atoms with Crippen LogP contribution < -0.4 is 0 Å². The summed E-state index contributed by atoms with van der Waals surface area (Å²) in [6.07, 6.45) is 2.47. The Balaban J connectivity index is 3.87. The lowest BCUT2D eigenvalue weighted by Gasteiger charge is -2.27. The molecule has 0 saturated carbocycles. The van der Waals surface area contributed by atoms with Crippen molar-refractivity contribution in [2.24, 2.45) is 11.3 Å². The Morgan fingerprint density at radius 3 is 2.18 bits per heavy atom. The van der Waals surface area contributed by atoms with Crippen LogP contribution in [0.15, 0.2) is 12.7 Å². The second-order valence-corrected chi connectivity index (χ2v) is 4.33. The number of rotatable bonds is 3. The number of aliphatic hydroxyl groups is 1. The maximum atomic E-state index is 9.64. The van der Waals surface area contributed by atoms with Crippen LogP contribution >= 0.6 is 0 Å². The van der Waals surface area contributed by atoms with Crippen molar-refractivity contribution in [3.63, 3.8) is 0 Å². The summed E-state index contributed by atoms with van der Waals surface area (Å²) in [4.78, 5) is 0. The molecule has 0 heterocycles. The van der Waals surface area contributed by atoms with E-state index in [0.717, 1.165) is 6.42 Å². The lowest BCUT2D eigenvalue weighted by Crippen LogP contribution is -2.27. The van der Waals surface area contributed by atoms with Crippen LogP contribution in [0.3, 0.4) is 0 Å². The third-order valence-electron chi connectivity index (χ3n) is 2.00. The quantitative estimate of drug-likeness (QED) is 0.623. The predicted octanol–water partition coefficient (Wildman–Crippen LogP) is 2.61. The molecule has 0 saturated heterocycles. The highest BCUT2D eigenvalue weighted by molar-refractivity contribution is 4.81. The maximum Gasteiger partial charge on any atom is 0.0594 e. The minimum Gasteiger partial charge on any atom is -0.393 e. The van der Waals surface area contributed by atoms with E-state index in [1.54, 1.807) is 0 Å². The molecule has 0 aliphatic rings. The second kappa shape index (κ2) is 3.91. The Morgan fingerprint density at radius 2 is 1.91 bits per heavy atom. The van der Waals surface area contributed by atoms with E-state index < -0.39 is 0 Å². The number of allylic oxidation sites excluding steroid dienone is 1. The van der Waals surface area contributed by atoms with Gasteiger partial charge in [-0.2, -0.15) is 0 Å². The molecule has 2 unspecified atom stereocenters. The first-order chi connectivity index (χ1) is 4.88. The third kappa shape index (κ3) is 4.20. The van der Waals surface area contributed by atoms with Crippen molar-refractivity contribution in [3.8, 4) is 0 Å². The normalized spacial score (nSPS) is 17.5. The smallest absolute Gasteiger partial charge is 0.0594 e. The lowest BCUT2D eigenvalue weighted by atomic mass is 9.84. The molecule has 1 nitrogen and oxygen atoms in total. The van der Waals surface area contributed by atoms with Crippen molar-refractivity contribution >= 4 is 0 Å². The highest BCUT2D eigenvalue weighted by Crippen LogP contribution is 2.24. The van der Waals surface area contributed by atoms with Crippen molar-refractivity contribution in [1.29, 1.82) is 0 Å². The monoisotopic (exact) mass is 156 g/mol. The zero-order valence-electron chi connectivity index (χ0n) is 8.09. The van der Waals surface area contributed by atoms with Crippen molar-refractivity contribution in [3.05, 3.63) is 12.7 Å². The molecule has 2 atom stereocenters. The van der Waals surface area contributed by atoms with E-state index in [1.165, 1.54) is 0 Å². The molecule has 1 N–H and O–H groups in total. The van der Waals surface area contributed by atoms with E-state index in [-0.39, 0.29) is 11.5 Å². The summed E-state index contributed by atoms with van der Waals surface area (Å²) in [5.74, 6) is 0.407. The molecule has 0 fully saturated rings. The Hall–Kier alpha value is -0.300. The fourth-order valence-electron chi connectivity index (χ4n) is 0.802. The van der Waals surface area contributed by atoms with Crippen LogP contribution in [0.5, 0.6) is 0 Å². The molecule has 0 radical (unpaired) electrons. The molecule has 0 aliphatic carbocycles. The molecule has 0 aliphatic heterocycles. The average molecular weight is 156 g/mol. The van der Waals surface area contributed by atoms with Crippen LogP contribution in [0.25, 0.3) is 0 Å². The molecular weight excluding hydrogens is 136 g/mol. The fourth-order valence-corrected chi connectivity index (χ4v) is 0.802. The Kier molecular flexibility index (Phi) is 3.81. The minimum atomic E-state index is -0.226. The first-order valence-electron chi connectivity index (χ1n) is 4.18. The van der Waals surface area contributed by atoms with Crippen LogP contribution in [0.2, 0.25) is 0 Å². The summed E-state index contributed by atoms with van der Waals surface area (Å²) in [5.41, 5.74) is -0.00271.